The predicted molar refractivity (Wildman–Crippen MR) is 73.5 cm³/mol. The van der Waals surface area contributed by atoms with E-state index in [2.05, 4.69) is 5.32 Å². The lowest BCUT2D eigenvalue weighted by atomic mass is 9.99. The van der Waals surface area contributed by atoms with E-state index in [1.807, 2.05) is 0 Å². The molecule has 1 saturated heterocycles. The smallest absolute Gasteiger partial charge is 0.321 e. The molecule has 7 heteroatoms. The van der Waals surface area contributed by atoms with Gasteiger partial charge in [-0.05, 0) is 30.9 Å². The van der Waals surface area contributed by atoms with Gasteiger partial charge in [0.05, 0.1) is 4.92 Å². The van der Waals surface area contributed by atoms with Gasteiger partial charge >= 0.3 is 6.03 Å². The number of nitrogens with zero attached hydrogens (tertiary/aromatic N) is 2. The number of nitro benzene ring substituents is 1. The first-order chi connectivity index (χ1) is 9.60. The Morgan fingerprint density at radius 1 is 1.45 bits per heavy atom. The Bertz CT molecular complexity index is 489. The monoisotopic (exact) mass is 279 g/mol. The van der Waals surface area contributed by atoms with Gasteiger partial charge in [-0.15, -0.1) is 0 Å². The van der Waals surface area contributed by atoms with Crippen LogP contribution >= 0.6 is 0 Å². The van der Waals surface area contributed by atoms with E-state index in [-0.39, 0.29) is 24.2 Å². The number of benzene rings is 1. The summed E-state index contributed by atoms with van der Waals surface area (Å²) in [6.07, 6.45) is 1.80. The fraction of sp³-hybridized carbons (Fsp3) is 0.462. The highest BCUT2D eigenvalue weighted by Gasteiger charge is 2.23. The summed E-state index contributed by atoms with van der Waals surface area (Å²) in [6.45, 7) is 1.28. The predicted octanol–water partition coefficient (Wildman–Crippen LogP) is 1.83. The first-order valence-electron chi connectivity index (χ1n) is 6.51. The minimum absolute atomic E-state index is 0.0127. The van der Waals surface area contributed by atoms with Crippen LogP contribution in [-0.4, -0.2) is 40.7 Å². The third-order valence-corrected chi connectivity index (χ3v) is 3.39. The van der Waals surface area contributed by atoms with Gasteiger partial charge in [-0.1, -0.05) is 0 Å². The largest absolute Gasteiger partial charge is 0.396 e. The molecule has 0 radical (unpaired) electrons. The molecule has 2 amide bonds. The zero-order valence-electron chi connectivity index (χ0n) is 11.0. The molecule has 0 spiro atoms. The topological polar surface area (TPSA) is 95.7 Å². The summed E-state index contributed by atoms with van der Waals surface area (Å²) in [7, 11) is 0. The number of carbonyl (C=O) groups is 1. The lowest BCUT2D eigenvalue weighted by Crippen LogP contribution is -2.43. The van der Waals surface area contributed by atoms with Crippen LogP contribution in [0.1, 0.15) is 12.8 Å². The van der Waals surface area contributed by atoms with Crippen LogP contribution in [0.25, 0.3) is 0 Å². The van der Waals surface area contributed by atoms with Crippen molar-refractivity contribution >= 4 is 17.4 Å². The van der Waals surface area contributed by atoms with Gasteiger partial charge in [-0.25, -0.2) is 4.79 Å². The third kappa shape index (κ3) is 3.45. The molecule has 1 aromatic carbocycles. The first kappa shape index (κ1) is 14.3. The van der Waals surface area contributed by atoms with E-state index in [1.165, 1.54) is 24.3 Å². The molecule has 0 bridgehead atoms. The Hall–Kier alpha value is -2.15. The molecule has 0 aromatic heterocycles. The Labute approximate surface area is 116 Å². The van der Waals surface area contributed by atoms with Crippen LogP contribution in [0.3, 0.4) is 0 Å². The number of amides is 2. The lowest BCUT2D eigenvalue weighted by Gasteiger charge is -2.31. The van der Waals surface area contributed by atoms with E-state index in [4.69, 9.17) is 5.11 Å². The Balaban J connectivity index is 1.95. The van der Waals surface area contributed by atoms with Crippen LogP contribution in [0.5, 0.6) is 0 Å². The van der Waals surface area contributed by atoms with Crippen molar-refractivity contribution in [3.05, 3.63) is 34.4 Å². The lowest BCUT2D eigenvalue weighted by molar-refractivity contribution is -0.384. The zero-order valence-corrected chi connectivity index (χ0v) is 11.0. The third-order valence-electron chi connectivity index (χ3n) is 3.39. The number of hydrogen-bond acceptors (Lipinski definition) is 4. The normalized spacial score (nSPS) is 18.6. The number of hydrogen-bond donors (Lipinski definition) is 2. The molecule has 0 saturated carbocycles. The molecule has 20 heavy (non-hydrogen) atoms. The molecule has 108 valence electrons. The molecule has 1 fully saturated rings. The van der Waals surface area contributed by atoms with Crippen molar-refractivity contribution in [2.75, 3.05) is 25.0 Å². The molecule has 1 aliphatic heterocycles. The molecule has 1 heterocycles. The fourth-order valence-electron chi connectivity index (χ4n) is 2.27. The molecule has 2 N–H and O–H groups in total. The molecule has 2 rings (SSSR count). The van der Waals surface area contributed by atoms with Crippen LogP contribution in [0.4, 0.5) is 16.2 Å². The number of nitrogens with one attached hydrogen (secondary N) is 1. The molecular formula is C13H17N3O4. The standard InChI is InChI=1S/C13H17N3O4/c17-9-10-2-1-7-15(8-10)13(18)14-11-3-5-12(6-4-11)16(19)20/h3-6,10,17H,1-2,7-9H2,(H,14,18)/t10-/m0/s1. The number of urea groups is 1. The van der Waals surface area contributed by atoms with Crippen molar-refractivity contribution in [1.82, 2.24) is 4.90 Å². The Kier molecular flexibility index (Phi) is 4.52. The average Bonchev–Trinajstić information content (AvgIpc) is 2.47. The second kappa shape index (κ2) is 6.33. The molecule has 1 aromatic rings. The molecule has 0 unspecified atom stereocenters. The number of likely N-dealkylation sites (tertiary alicyclic amines) is 1. The Morgan fingerprint density at radius 3 is 2.75 bits per heavy atom. The van der Waals surface area contributed by atoms with Crippen molar-refractivity contribution in [3.63, 3.8) is 0 Å². The van der Waals surface area contributed by atoms with Gasteiger partial charge in [0.1, 0.15) is 0 Å². The summed E-state index contributed by atoms with van der Waals surface area (Å²) in [6, 6.07) is 5.47. The highest BCUT2D eigenvalue weighted by Crippen LogP contribution is 2.19. The van der Waals surface area contributed by atoms with Gasteiger partial charge in [0, 0.05) is 37.5 Å². The van der Waals surface area contributed by atoms with Crippen LogP contribution < -0.4 is 5.32 Å². The van der Waals surface area contributed by atoms with Crippen molar-refractivity contribution in [1.29, 1.82) is 0 Å². The molecule has 1 atom stereocenters. The summed E-state index contributed by atoms with van der Waals surface area (Å²) >= 11 is 0. The fourth-order valence-corrected chi connectivity index (χ4v) is 2.27. The number of rotatable bonds is 3. The first-order valence-corrected chi connectivity index (χ1v) is 6.51. The van der Waals surface area contributed by atoms with Gasteiger partial charge in [0.25, 0.3) is 5.69 Å². The van der Waals surface area contributed by atoms with Crippen molar-refractivity contribution < 1.29 is 14.8 Å². The van der Waals surface area contributed by atoms with Gasteiger partial charge < -0.3 is 15.3 Å². The summed E-state index contributed by atoms with van der Waals surface area (Å²) in [5.41, 5.74) is 0.507. The Morgan fingerprint density at radius 2 is 2.15 bits per heavy atom. The van der Waals surface area contributed by atoms with Crippen molar-refractivity contribution in [2.45, 2.75) is 12.8 Å². The summed E-state index contributed by atoms with van der Waals surface area (Å²) in [5.74, 6) is 0.131. The van der Waals surface area contributed by atoms with Crippen LogP contribution in [-0.2, 0) is 0 Å². The summed E-state index contributed by atoms with van der Waals surface area (Å²) < 4.78 is 0. The molecule has 7 nitrogen and oxygen atoms in total. The van der Waals surface area contributed by atoms with E-state index in [9.17, 15) is 14.9 Å². The number of carbonyl (C=O) groups excluding carboxylic acids is 1. The van der Waals surface area contributed by atoms with Crippen molar-refractivity contribution in [3.8, 4) is 0 Å². The van der Waals surface area contributed by atoms with E-state index in [1.54, 1.807) is 4.90 Å². The van der Waals surface area contributed by atoms with E-state index < -0.39 is 4.92 Å². The number of piperidine rings is 1. The molecular weight excluding hydrogens is 262 g/mol. The average molecular weight is 279 g/mol. The number of anilines is 1. The minimum atomic E-state index is -0.484. The van der Waals surface area contributed by atoms with Crippen LogP contribution in [0.2, 0.25) is 0 Å². The second-order valence-electron chi connectivity index (χ2n) is 4.87. The second-order valence-corrected chi connectivity index (χ2v) is 4.87. The van der Waals surface area contributed by atoms with Crippen LogP contribution in [0.15, 0.2) is 24.3 Å². The zero-order chi connectivity index (χ0) is 14.5. The number of aliphatic hydroxyl groups is 1. The number of aliphatic hydroxyl groups excluding tert-OH is 1. The van der Waals surface area contributed by atoms with Gasteiger partial charge in [0.15, 0.2) is 0 Å². The molecule has 1 aliphatic rings. The maximum absolute atomic E-state index is 12.0. The highest BCUT2D eigenvalue weighted by molar-refractivity contribution is 5.89. The number of nitro groups is 1. The van der Waals surface area contributed by atoms with E-state index >= 15 is 0 Å². The van der Waals surface area contributed by atoms with Gasteiger partial charge in [0.2, 0.25) is 0 Å². The maximum atomic E-state index is 12.0. The maximum Gasteiger partial charge on any atom is 0.321 e. The minimum Gasteiger partial charge on any atom is -0.396 e. The van der Waals surface area contributed by atoms with E-state index in [0.717, 1.165) is 12.8 Å². The number of non-ortho nitro benzene ring substituents is 1. The quantitative estimate of drug-likeness (QED) is 0.651. The SMILES string of the molecule is O=C(Nc1ccc([N+](=O)[O-])cc1)N1CCC[C@H](CO)C1. The van der Waals surface area contributed by atoms with E-state index in [0.29, 0.717) is 18.8 Å². The molecule has 0 aliphatic carbocycles. The van der Waals surface area contributed by atoms with Gasteiger partial charge in [-0.3, -0.25) is 10.1 Å². The van der Waals surface area contributed by atoms with Gasteiger partial charge in [-0.2, -0.15) is 0 Å². The summed E-state index contributed by atoms with van der Waals surface area (Å²) in [5, 5.41) is 22.4. The highest BCUT2D eigenvalue weighted by atomic mass is 16.6. The summed E-state index contributed by atoms with van der Waals surface area (Å²) in [4.78, 5) is 23.8. The van der Waals surface area contributed by atoms with Crippen LogP contribution in [0, 0.1) is 16.0 Å². The van der Waals surface area contributed by atoms with Crippen molar-refractivity contribution in [2.24, 2.45) is 5.92 Å².